The number of hydrogen-bond donors (Lipinski definition) is 3. The molecule has 1 atom stereocenters. The molecule has 2 aromatic rings. The Balaban J connectivity index is 1.93. The summed E-state index contributed by atoms with van der Waals surface area (Å²) in [6, 6.07) is 13.8. The molecule has 126 valence electrons. The molecule has 0 aliphatic rings. The van der Waals surface area contributed by atoms with Crippen LogP contribution in [0.4, 0.5) is 5.69 Å². The van der Waals surface area contributed by atoms with E-state index in [0.29, 0.717) is 17.7 Å². The number of carbonyl (C=O) groups excluding carboxylic acids is 2. The number of benzene rings is 2. The Kier molecular flexibility index (Phi) is 6.09. The fourth-order valence-electron chi connectivity index (χ4n) is 2.27. The summed E-state index contributed by atoms with van der Waals surface area (Å²) in [5, 5.41) is 14.3. The van der Waals surface area contributed by atoms with Crippen LogP contribution >= 0.6 is 0 Å². The molecule has 2 aromatic carbocycles. The molecule has 0 fully saturated rings. The largest absolute Gasteiger partial charge is 0.396 e. The third kappa shape index (κ3) is 4.93. The van der Waals surface area contributed by atoms with Crippen molar-refractivity contribution >= 4 is 17.5 Å². The third-order valence-electron chi connectivity index (χ3n) is 3.64. The molecule has 3 N–H and O–H groups in total. The molecule has 2 rings (SSSR count). The SMILES string of the molecule is Cc1cccc(C(=O)N[C@@H](C)C(=O)Nc2ccc(CCO)cc2)c1. The number of carbonyl (C=O) groups is 2. The topological polar surface area (TPSA) is 78.4 Å². The van der Waals surface area contributed by atoms with Crippen molar-refractivity contribution in [1.82, 2.24) is 5.32 Å². The maximum atomic E-state index is 12.2. The highest BCUT2D eigenvalue weighted by molar-refractivity contribution is 6.01. The van der Waals surface area contributed by atoms with Gasteiger partial charge in [0.05, 0.1) is 0 Å². The number of nitrogens with one attached hydrogen (secondary N) is 2. The predicted molar refractivity (Wildman–Crippen MR) is 94.0 cm³/mol. The lowest BCUT2D eigenvalue weighted by atomic mass is 10.1. The van der Waals surface area contributed by atoms with Crippen molar-refractivity contribution in [2.75, 3.05) is 11.9 Å². The Bertz CT molecular complexity index is 711. The molecule has 5 heteroatoms. The molecule has 0 aliphatic heterocycles. The summed E-state index contributed by atoms with van der Waals surface area (Å²) in [6.07, 6.45) is 0.581. The lowest BCUT2D eigenvalue weighted by Crippen LogP contribution is -2.41. The second-order valence-electron chi connectivity index (χ2n) is 5.72. The Labute approximate surface area is 141 Å². The Morgan fingerprint density at radius 1 is 1.12 bits per heavy atom. The van der Waals surface area contributed by atoms with Gasteiger partial charge < -0.3 is 15.7 Å². The van der Waals surface area contributed by atoms with Gasteiger partial charge in [0.15, 0.2) is 0 Å². The van der Waals surface area contributed by atoms with Gasteiger partial charge in [0.25, 0.3) is 5.91 Å². The standard InChI is InChI=1S/C19H22N2O3/c1-13-4-3-5-16(12-13)19(24)20-14(2)18(23)21-17-8-6-15(7-9-17)10-11-22/h3-9,12,14,22H,10-11H2,1-2H3,(H,20,24)(H,21,23)/t14-/m0/s1. The van der Waals surface area contributed by atoms with Crippen molar-refractivity contribution < 1.29 is 14.7 Å². The van der Waals surface area contributed by atoms with Crippen molar-refractivity contribution in [2.24, 2.45) is 0 Å². The first-order chi connectivity index (χ1) is 11.5. The van der Waals surface area contributed by atoms with Crippen LogP contribution in [-0.4, -0.2) is 29.6 Å². The Morgan fingerprint density at radius 2 is 1.83 bits per heavy atom. The average molecular weight is 326 g/mol. The molecule has 0 saturated heterocycles. The van der Waals surface area contributed by atoms with Crippen LogP contribution in [0.3, 0.4) is 0 Å². The van der Waals surface area contributed by atoms with Gasteiger partial charge in [-0.15, -0.1) is 0 Å². The molecule has 0 heterocycles. The van der Waals surface area contributed by atoms with E-state index in [9.17, 15) is 9.59 Å². The number of aliphatic hydroxyl groups excluding tert-OH is 1. The molecular formula is C19H22N2O3. The van der Waals surface area contributed by atoms with Crippen molar-refractivity contribution in [3.63, 3.8) is 0 Å². The van der Waals surface area contributed by atoms with Gasteiger partial charge in [0.2, 0.25) is 5.91 Å². The summed E-state index contributed by atoms with van der Waals surface area (Å²) in [7, 11) is 0. The molecular weight excluding hydrogens is 304 g/mol. The maximum Gasteiger partial charge on any atom is 0.251 e. The smallest absolute Gasteiger partial charge is 0.251 e. The predicted octanol–water partition coefficient (Wildman–Crippen LogP) is 2.29. The van der Waals surface area contributed by atoms with Crippen LogP contribution in [0, 0.1) is 6.92 Å². The maximum absolute atomic E-state index is 12.2. The van der Waals surface area contributed by atoms with Gasteiger partial charge in [-0.2, -0.15) is 0 Å². The summed E-state index contributed by atoms with van der Waals surface area (Å²) in [5.41, 5.74) is 3.17. The fourth-order valence-corrected chi connectivity index (χ4v) is 2.27. The van der Waals surface area contributed by atoms with E-state index in [1.165, 1.54) is 0 Å². The Morgan fingerprint density at radius 3 is 2.46 bits per heavy atom. The first kappa shape index (κ1) is 17.7. The molecule has 0 radical (unpaired) electrons. The van der Waals surface area contributed by atoms with E-state index in [1.807, 2.05) is 31.2 Å². The highest BCUT2D eigenvalue weighted by Crippen LogP contribution is 2.10. The van der Waals surface area contributed by atoms with E-state index in [-0.39, 0.29) is 18.4 Å². The van der Waals surface area contributed by atoms with Crippen LogP contribution in [0.2, 0.25) is 0 Å². The van der Waals surface area contributed by atoms with E-state index in [4.69, 9.17) is 5.11 Å². The van der Waals surface area contributed by atoms with Gasteiger partial charge in [-0.3, -0.25) is 9.59 Å². The average Bonchev–Trinajstić information content (AvgIpc) is 2.56. The van der Waals surface area contributed by atoms with Crippen molar-refractivity contribution in [2.45, 2.75) is 26.3 Å². The monoisotopic (exact) mass is 326 g/mol. The zero-order chi connectivity index (χ0) is 17.5. The zero-order valence-corrected chi connectivity index (χ0v) is 13.9. The van der Waals surface area contributed by atoms with Gasteiger partial charge in [0, 0.05) is 17.9 Å². The molecule has 0 saturated carbocycles. The molecule has 0 bridgehead atoms. The molecule has 2 amide bonds. The summed E-state index contributed by atoms with van der Waals surface area (Å²) in [5.74, 6) is -0.564. The summed E-state index contributed by atoms with van der Waals surface area (Å²) in [4.78, 5) is 24.4. The van der Waals surface area contributed by atoms with Crippen LogP contribution in [0.5, 0.6) is 0 Å². The number of amides is 2. The first-order valence-corrected chi connectivity index (χ1v) is 7.88. The van der Waals surface area contributed by atoms with E-state index >= 15 is 0 Å². The van der Waals surface area contributed by atoms with Gasteiger partial charge in [-0.05, 0) is 50.1 Å². The Hall–Kier alpha value is -2.66. The van der Waals surface area contributed by atoms with Crippen LogP contribution < -0.4 is 10.6 Å². The van der Waals surface area contributed by atoms with E-state index in [1.54, 1.807) is 31.2 Å². The molecule has 0 unspecified atom stereocenters. The summed E-state index contributed by atoms with van der Waals surface area (Å²) < 4.78 is 0. The van der Waals surface area contributed by atoms with Crippen LogP contribution in [0.1, 0.15) is 28.4 Å². The van der Waals surface area contributed by atoms with Crippen molar-refractivity contribution in [1.29, 1.82) is 0 Å². The summed E-state index contributed by atoms with van der Waals surface area (Å²) >= 11 is 0. The van der Waals surface area contributed by atoms with E-state index < -0.39 is 6.04 Å². The van der Waals surface area contributed by atoms with Gasteiger partial charge in [-0.25, -0.2) is 0 Å². The molecule has 0 aliphatic carbocycles. The van der Waals surface area contributed by atoms with Crippen LogP contribution in [0.15, 0.2) is 48.5 Å². The zero-order valence-electron chi connectivity index (χ0n) is 13.9. The number of aryl methyl sites for hydroxylation is 1. The molecule has 0 aromatic heterocycles. The number of aliphatic hydroxyl groups is 1. The second-order valence-corrected chi connectivity index (χ2v) is 5.72. The van der Waals surface area contributed by atoms with Crippen LogP contribution in [0.25, 0.3) is 0 Å². The first-order valence-electron chi connectivity index (χ1n) is 7.88. The number of anilines is 1. The van der Waals surface area contributed by atoms with Gasteiger partial charge in [0.1, 0.15) is 6.04 Å². The molecule has 24 heavy (non-hydrogen) atoms. The lowest BCUT2D eigenvalue weighted by Gasteiger charge is -2.14. The van der Waals surface area contributed by atoms with Crippen molar-refractivity contribution in [3.05, 3.63) is 65.2 Å². The summed E-state index contributed by atoms with van der Waals surface area (Å²) in [6.45, 7) is 3.64. The van der Waals surface area contributed by atoms with Crippen LogP contribution in [-0.2, 0) is 11.2 Å². The minimum Gasteiger partial charge on any atom is -0.396 e. The number of rotatable bonds is 6. The third-order valence-corrected chi connectivity index (χ3v) is 3.64. The van der Waals surface area contributed by atoms with Gasteiger partial charge in [-0.1, -0.05) is 29.8 Å². The minimum atomic E-state index is -0.657. The quantitative estimate of drug-likeness (QED) is 0.762. The number of hydrogen-bond acceptors (Lipinski definition) is 3. The normalized spacial score (nSPS) is 11.6. The van der Waals surface area contributed by atoms with Gasteiger partial charge >= 0.3 is 0 Å². The van der Waals surface area contributed by atoms with E-state index in [2.05, 4.69) is 10.6 Å². The highest BCUT2D eigenvalue weighted by atomic mass is 16.3. The minimum absolute atomic E-state index is 0.0910. The fraction of sp³-hybridized carbons (Fsp3) is 0.263. The molecule has 0 spiro atoms. The van der Waals surface area contributed by atoms with Crippen molar-refractivity contribution in [3.8, 4) is 0 Å². The lowest BCUT2D eigenvalue weighted by molar-refractivity contribution is -0.117. The van der Waals surface area contributed by atoms with E-state index in [0.717, 1.165) is 11.1 Å². The highest BCUT2D eigenvalue weighted by Gasteiger charge is 2.16. The molecule has 5 nitrogen and oxygen atoms in total. The second kappa shape index (κ2) is 8.26.